The molecule has 2 aromatic carbocycles. The summed E-state index contributed by atoms with van der Waals surface area (Å²) in [6.07, 6.45) is 2.78. The van der Waals surface area contributed by atoms with Gasteiger partial charge in [-0.05, 0) is 36.6 Å². The van der Waals surface area contributed by atoms with E-state index in [1.54, 1.807) is 0 Å². The maximum Gasteiger partial charge on any atom is 0.275 e. The lowest BCUT2D eigenvalue weighted by molar-refractivity contribution is 0.0745. The summed E-state index contributed by atoms with van der Waals surface area (Å²) >= 11 is 6.51. The number of rotatable bonds is 4. The Labute approximate surface area is 167 Å². The molecule has 0 saturated heterocycles. The van der Waals surface area contributed by atoms with Crippen LogP contribution in [0.3, 0.4) is 0 Å². The van der Waals surface area contributed by atoms with Crippen LogP contribution in [-0.2, 0) is 6.42 Å². The van der Waals surface area contributed by atoms with Crippen LogP contribution in [0.5, 0.6) is 0 Å². The van der Waals surface area contributed by atoms with E-state index in [0.29, 0.717) is 17.3 Å². The Bertz CT molecular complexity index is 1190. The quantitative estimate of drug-likeness (QED) is 0.533. The fraction of sp³-hybridized carbons (Fsp3) is 0.182. The van der Waals surface area contributed by atoms with Gasteiger partial charge in [-0.25, -0.2) is 0 Å². The average Bonchev–Trinajstić information content (AvgIpc) is 3.36. The fourth-order valence-corrected chi connectivity index (χ4v) is 4.41. The number of aromatic nitrogens is 3. The average molecular weight is 391 g/mol. The number of nitrogens with one attached hydrogen (secondary N) is 2. The topological polar surface area (TPSA) is 64.8 Å². The molecule has 0 unspecified atom stereocenters. The number of halogens is 1. The Morgan fingerprint density at radius 1 is 1.14 bits per heavy atom. The smallest absolute Gasteiger partial charge is 0.275 e. The maximum absolute atomic E-state index is 13.1. The largest absolute Gasteiger partial charge is 0.361 e. The molecule has 28 heavy (non-hydrogen) atoms. The molecule has 0 fully saturated rings. The van der Waals surface area contributed by atoms with Crippen LogP contribution in [-0.4, -0.2) is 32.5 Å². The van der Waals surface area contributed by atoms with E-state index >= 15 is 0 Å². The molecule has 2 aromatic heterocycles. The number of nitrogens with zero attached hydrogens (tertiary/aromatic N) is 2. The fourth-order valence-electron chi connectivity index (χ4n) is 4.17. The Morgan fingerprint density at radius 2 is 1.93 bits per heavy atom. The van der Waals surface area contributed by atoms with Crippen molar-refractivity contribution < 1.29 is 4.79 Å². The normalized spacial score (nSPS) is 16.1. The Kier molecular flexibility index (Phi) is 3.98. The van der Waals surface area contributed by atoms with E-state index in [4.69, 9.17) is 11.6 Å². The van der Waals surface area contributed by atoms with Crippen molar-refractivity contribution in [2.45, 2.75) is 19.4 Å². The minimum Gasteiger partial charge on any atom is -0.361 e. The highest BCUT2D eigenvalue weighted by Crippen LogP contribution is 2.41. The van der Waals surface area contributed by atoms with Crippen molar-refractivity contribution in [3.8, 4) is 0 Å². The minimum atomic E-state index is -0.222. The van der Waals surface area contributed by atoms with Crippen molar-refractivity contribution in [2.75, 3.05) is 6.54 Å². The summed E-state index contributed by atoms with van der Waals surface area (Å²) in [6.45, 7) is 2.54. The summed E-state index contributed by atoms with van der Waals surface area (Å²) in [5.74, 6) is -0.0517. The van der Waals surface area contributed by atoms with Gasteiger partial charge in [0.2, 0.25) is 0 Å². The number of aromatic amines is 2. The van der Waals surface area contributed by atoms with E-state index in [-0.39, 0.29) is 11.9 Å². The third kappa shape index (κ3) is 2.54. The predicted molar refractivity (Wildman–Crippen MR) is 110 cm³/mol. The molecule has 3 heterocycles. The van der Waals surface area contributed by atoms with E-state index in [2.05, 4.69) is 27.3 Å². The van der Waals surface area contributed by atoms with E-state index in [0.717, 1.165) is 28.8 Å². The zero-order valence-corrected chi connectivity index (χ0v) is 16.1. The van der Waals surface area contributed by atoms with Crippen molar-refractivity contribution in [3.05, 3.63) is 87.8 Å². The Balaban J connectivity index is 1.52. The number of aryl methyl sites for hydroxylation is 1. The van der Waals surface area contributed by atoms with E-state index < -0.39 is 0 Å². The maximum atomic E-state index is 13.1. The number of fused-ring (bicyclic) bond motifs is 2. The molecule has 140 valence electrons. The lowest BCUT2D eigenvalue weighted by Crippen LogP contribution is -2.31. The number of para-hydroxylation sites is 1. The standard InChI is InChI=1S/C22H19ClN4O/c1-13-19-20(26-25-13)22(28)27(21(19)16-7-2-4-8-17(16)23)11-10-14-12-24-18-9-5-3-6-15(14)18/h2-9,12,21,24H,10-11H2,1H3,(H,25,26)/t21-/m0/s1. The van der Waals surface area contributed by atoms with Crippen LogP contribution in [0.25, 0.3) is 10.9 Å². The van der Waals surface area contributed by atoms with Gasteiger partial charge in [-0.3, -0.25) is 9.89 Å². The molecule has 0 radical (unpaired) electrons. The summed E-state index contributed by atoms with van der Waals surface area (Å²) in [7, 11) is 0. The third-order valence-electron chi connectivity index (χ3n) is 5.54. The lowest BCUT2D eigenvalue weighted by atomic mass is 9.99. The van der Waals surface area contributed by atoms with Gasteiger partial charge in [-0.1, -0.05) is 48.0 Å². The number of H-pyrrole nitrogens is 2. The monoisotopic (exact) mass is 390 g/mol. The summed E-state index contributed by atoms with van der Waals surface area (Å²) < 4.78 is 0. The van der Waals surface area contributed by atoms with Crippen LogP contribution in [0.4, 0.5) is 0 Å². The van der Waals surface area contributed by atoms with Gasteiger partial charge < -0.3 is 9.88 Å². The van der Waals surface area contributed by atoms with E-state index in [1.807, 2.05) is 54.4 Å². The number of benzene rings is 2. The molecule has 4 aromatic rings. The SMILES string of the molecule is Cc1[nH]nc2c1[C@H](c1ccccc1Cl)N(CCc1c[nH]c3ccccc13)C2=O. The van der Waals surface area contributed by atoms with Crippen molar-refractivity contribution in [1.82, 2.24) is 20.1 Å². The molecule has 0 saturated carbocycles. The molecule has 1 aliphatic rings. The second-order valence-corrected chi connectivity index (χ2v) is 7.55. The first kappa shape index (κ1) is 17.1. The van der Waals surface area contributed by atoms with Crippen LogP contribution in [0.15, 0.2) is 54.7 Å². The first-order chi connectivity index (χ1) is 13.6. The van der Waals surface area contributed by atoms with Gasteiger partial charge in [0.05, 0.1) is 6.04 Å². The molecule has 2 N–H and O–H groups in total. The zero-order valence-electron chi connectivity index (χ0n) is 15.4. The van der Waals surface area contributed by atoms with Crippen molar-refractivity contribution >= 4 is 28.4 Å². The molecule has 5 nitrogen and oxygen atoms in total. The first-order valence-electron chi connectivity index (χ1n) is 9.30. The van der Waals surface area contributed by atoms with Crippen molar-refractivity contribution in [2.24, 2.45) is 0 Å². The lowest BCUT2D eigenvalue weighted by Gasteiger charge is -2.27. The molecule has 0 spiro atoms. The van der Waals surface area contributed by atoms with Gasteiger partial charge in [0, 0.05) is 39.9 Å². The highest BCUT2D eigenvalue weighted by atomic mass is 35.5. The van der Waals surface area contributed by atoms with Crippen LogP contribution in [0, 0.1) is 6.92 Å². The molecule has 1 aliphatic heterocycles. The highest BCUT2D eigenvalue weighted by Gasteiger charge is 2.41. The van der Waals surface area contributed by atoms with Crippen molar-refractivity contribution in [3.63, 3.8) is 0 Å². The Morgan fingerprint density at radius 3 is 2.79 bits per heavy atom. The van der Waals surface area contributed by atoms with Gasteiger partial charge in [-0.2, -0.15) is 5.10 Å². The number of amides is 1. The molecule has 0 bridgehead atoms. The molecular formula is C22H19ClN4O. The second kappa shape index (κ2) is 6.53. The highest BCUT2D eigenvalue weighted by molar-refractivity contribution is 6.31. The number of hydrogen-bond donors (Lipinski definition) is 2. The molecule has 0 aliphatic carbocycles. The van der Waals surface area contributed by atoms with Gasteiger partial charge >= 0.3 is 0 Å². The van der Waals surface area contributed by atoms with E-state index in [1.165, 1.54) is 10.9 Å². The van der Waals surface area contributed by atoms with Crippen LogP contribution in [0.1, 0.15) is 38.9 Å². The number of carbonyl (C=O) groups is 1. The van der Waals surface area contributed by atoms with Crippen LogP contribution in [0.2, 0.25) is 5.02 Å². The Hall–Kier alpha value is -3.05. The second-order valence-electron chi connectivity index (χ2n) is 7.14. The third-order valence-corrected chi connectivity index (χ3v) is 5.88. The number of carbonyl (C=O) groups excluding carboxylic acids is 1. The van der Waals surface area contributed by atoms with Crippen LogP contribution < -0.4 is 0 Å². The van der Waals surface area contributed by atoms with Gasteiger partial charge in [0.25, 0.3) is 5.91 Å². The van der Waals surface area contributed by atoms with E-state index in [9.17, 15) is 4.79 Å². The zero-order chi connectivity index (χ0) is 19.3. The first-order valence-corrected chi connectivity index (χ1v) is 9.68. The summed E-state index contributed by atoms with van der Waals surface area (Å²) in [5, 5.41) is 9.07. The summed E-state index contributed by atoms with van der Waals surface area (Å²) in [4.78, 5) is 18.3. The van der Waals surface area contributed by atoms with Gasteiger partial charge in [0.15, 0.2) is 5.69 Å². The van der Waals surface area contributed by atoms with Crippen molar-refractivity contribution in [1.29, 1.82) is 0 Å². The summed E-state index contributed by atoms with van der Waals surface area (Å²) in [5.41, 5.74) is 5.57. The van der Waals surface area contributed by atoms with Gasteiger partial charge in [-0.15, -0.1) is 0 Å². The van der Waals surface area contributed by atoms with Gasteiger partial charge in [0.1, 0.15) is 0 Å². The summed E-state index contributed by atoms with van der Waals surface area (Å²) in [6, 6.07) is 15.7. The molecular weight excluding hydrogens is 372 g/mol. The molecule has 1 amide bonds. The molecule has 6 heteroatoms. The predicted octanol–water partition coefficient (Wildman–Crippen LogP) is 4.64. The minimum absolute atomic E-state index is 0.0517. The van der Waals surface area contributed by atoms with Crippen LogP contribution >= 0.6 is 11.6 Å². The molecule has 1 atom stereocenters. The molecule has 5 rings (SSSR count). The number of hydrogen-bond acceptors (Lipinski definition) is 2.